The Kier molecular flexibility index (Phi) is 10.4. The van der Waals surface area contributed by atoms with Crippen molar-refractivity contribution in [3.05, 3.63) is 35.4 Å². The normalized spacial score (nSPS) is 16.6. The Labute approximate surface area is 169 Å². The number of aliphatic hydroxyl groups is 1. The van der Waals surface area contributed by atoms with E-state index in [-0.39, 0.29) is 30.1 Å². The molecular formula is C19H33IN4O. The molecule has 0 spiro atoms. The molecule has 25 heavy (non-hydrogen) atoms. The molecule has 1 aliphatic heterocycles. The van der Waals surface area contributed by atoms with Crippen molar-refractivity contribution in [1.29, 1.82) is 0 Å². The number of piperidine rings is 1. The Morgan fingerprint density at radius 1 is 1.16 bits per heavy atom. The van der Waals surface area contributed by atoms with Crippen LogP contribution in [0.2, 0.25) is 0 Å². The molecule has 1 heterocycles. The summed E-state index contributed by atoms with van der Waals surface area (Å²) in [6.45, 7) is 9.00. The van der Waals surface area contributed by atoms with Crippen LogP contribution in [-0.4, -0.2) is 48.8 Å². The Balaban J connectivity index is 0.00000312. The molecule has 0 aromatic heterocycles. The number of hydrogen-bond donors (Lipinski definition) is 3. The molecule has 1 saturated heterocycles. The van der Waals surface area contributed by atoms with E-state index >= 15 is 0 Å². The van der Waals surface area contributed by atoms with E-state index in [9.17, 15) is 5.11 Å². The van der Waals surface area contributed by atoms with Gasteiger partial charge in [0, 0.05) is 39.8 Å². The number of benzene rings is 1. The number of rotatable bonds is 6. The number of hydrogen-bond acceptors (Lipinski definition) is 3. The van der Waals surface area contributed by atoms with Crippen LogP contribution in [0, 0.1) is 5.92 Å². The highest BCUT2D eigenvalue weighted by Gasteiger charge is 2.16. The third-order valence-corrected chi connectivity index (χ3v) is 4.35. The van der Waals surface area contributed by atoms with Gasteiger partial charge in [-0.25, -0.2) is 0 Å². The molecule has 0 saturated carbocycles. The van der Waals surface area contributed by atoms with E-state index in [0.29, 0.717) is 5.92 Å². The van der Waals surface area contributed by atoms with E-state index in [2.05, 4.69) is 58.6 Å². The van der Waals surface area contributed by atoms with E-state index in [0.717, 1.165) is 51.5 Å². The maximum Gasteiger partial charge on any atom is 0.191 e. The lowest BCUT2D eigenvalue weighted by Gasteiger charge is -2.29. The highest BCUT2D eigenvalue weighted by Crippen LogP contribution is 2.14. The third-order valence-electron chi connectivity index (χ3n) is 4.35. The SMILES string of the molecule is CN=C(NCc1ccc(CN2CCC(O)CC2)cc1)NCC(C)C.I. The fourth-order valence-corrected chi connectivity index (χ4v) is 2.81. The number of nitrogens with one attached hydrogen (secondary N) is 2. The second-order valence-corrected chi connectivity index (χ2v) is 7.02. The van der Waals surface area contributed by atoms with E-state index in [1.54, 1.807) is 7.05 Å². The van der Waals surface area contributed by atoms with Crippen LogP contribution in [0.4, 0.5) is 0 Å². The lowest BCUT2D eigenvalue weighted by molar-refractivity contribution is 0.0792. The summed E-state index contributed by atoms with van der Waals surface area (Å²) in [6, 6.07) is 8.76. The van der Waals surface area contributed by atoms with Crippen LogP contribution < -0.4 is 10.6 Å². The van der Waals surface area contributed by atoms with E-state index in [1.165, 1.54) is 11.1 Å². The molecule has 3 N–H and O–H groups in total. The maximum absolute atomic E-state index is 9.57. The van der Waals surface area contributed by atoms with Crippen LogP contribution in [-0.2, 0) is 13.1 Å². The summed E-state index contributed by atoms with van der Waals surface area (Å²) in [5, 5.41) is 16.2. The van der Waals surface area contributed by atoms with Crippen molar-refractivity contribution in [1.82, 2.24) is 15.5 Å². The van der Waals surface area contributed by atoms with Gasteiger partial charge in [-0.2, -0.15) is 0 Å². The fourth-order valence-electron chi connectivity index (χ4n) is 2.81. The van der Waals surface area contributed by atoms with Crippen molar-refractivity contribution in [2.45, 2.75) is 45.9 Å². The summed E-state index contributed by atoms with van der Waals surface area (Å²) in [6.07, 6.45) is 1.68. The van der Waals surface area contributed by atoms with Gasteiger partial charge in [-0.15, -0.1) is 24.0 Å². The summed E-state index contributed by atoms with van der Waals surface area (Å²) in [5.74, 6) is 1.44. The molecule has 0 aliphatic carbocycles. The minimum atomic E-state index is -0.103. The largest absolute Gasteiger partial charge is 0.393 e. The molecule has 0 amide bonds. The first-order chi connectivity index (χ1) is 11.6. The second-order valence-electron chi connectivity index (χ2n) is 7.02. The van der Waals surface area contributed by atoms with Gasteiger partial charge in [0.15, 0.2) is 5.96 Å². The molecule has 6 heteroatoms. The Morgan fingerprint density at radius 2 is 1.76 bits per heavy atom. The fraction of sp³-hybridized carbons (Fsp3) is 0.632. The molecule has 5 nitrogen and oxygen atoms in total. The first-order valence-electron chi connectivity index (χ1n) is 8.99. The molecule has 1 fully saturated rings. The van der Waals surface area contributed by atoms with Crippen LogP contribution in [0.3, 0.4) is 0 Å². The number of guanidine groups is 1. The minimum absolute atomic E-state index is 0. The summed E-state index contributed by atoms with van der Waals surface area (Å²) < 4.78 is 0. The lowest BCUT2D eigenvalue weighted by Crippen LogP contribution is -2.38. The van der Waals surface area contributed by atoms with Crippen LogP contribution in [0.5, 0.6) is 0 Å². The number of likely N-dealkylation sites (tertiary alicyclic amines) is 1. The monoisotopic (exact) mass is 460 g/mol. The molecule has 0 unspecified atom stereocenters. The molecule has 0 bridgehead atoms. The van der Waals surface area contributed by atoms with Crippen molar-refractivity contribution in [2.75, 3.05) is 26.7 Å². The van der Waals surface area contributed by atoms with E-state index in [1.807, 2.05) is 0 Å². The van der Waals surface area contributed by atoms with Gasteiger partial charge in [-0.1, -0.05) is 38.1 Å². The predicted octanol–water partition coefficient (Wildman–Crippen LogP) is 2.58. The van der Waals surface area contributed by atoms with Crippen LogP contribution >= 0.6 is 24.0 Å². The molecular weight excluding hydrogens is 427 g/mol. The number of aliphatic hydroxyl groups excluding tert-OH is 1. The van der Waals surface area contributed by atoms with Crippen molar-refractivity contribution < 1.29 is 5.11 Å². The average molecular weight is 460 g/mol. The topological polar surface area (TPSA) is 59.9 Å². The first-order valence-corrected chi connectivity index (χ1v) is 8.99. The third kappa shape index (κ3) is 8.37. The molecule has 1 aliphatic rings. The summed E-state index contributed by atoms with van der Waals surface area (Å²) in [4.78, 5) is 6.66. The molecule has 2 rings (SSSR count). The quantitative estimate of drug-likeness (QED) is 0.347. The number of halogens is 1. The second kappa shape index (κ2) is 11.7. The Morgan fingerprint density at radius 3 is 2.32 bits per heavy atom. The number of aliphatic imine (C=N–C) groups is 1. The summed E-state index contributed by atoms with van der Waals surface area (Å²) in [7, 11) is 1.80. The van der Waals surface area contributed by atoms with Crippen molar-refractivity contribution in [3.63, 3.8) is 0 Å². The molecule has 0 radical (unpaired) electrons. The summed E-state index contributed by atoms with van der Waals surface area (Å²) >= 11 is 0. The minimum Gasteiger partial charge on any atom is -0.393 e. The molecule has 0 atom stereocenters. The maximum atomic E-state index is 9.57. The van der Waals surface area contributed by atoms with Gasteiger partial charge >= 0.3 is 0 Å². The molecule has 1 aromatic rings. The predicted molar refractivity (Wildman–Crippen MR) is 115 cm³/mol. The van der Waals surface area contributed by atoms with Gasteiger partial charge in [0.1, 0.15) is 0 Å². The van der Waals surface area contributed by atoms with Gasteiger partial charge in [-0.05, 0) is 29.9 Å². The highest BCUT2D eigenvalue weighted by molar-refractivity contribution is 14.0. The lowest BCUT2D eigenvalue weighted by atomic mass is 10.1. The Bertz CT molecular complexity index is 511. The van der Waals surface area contributed by atoms with Crippen LogP contribution in [0.1, 0.15) is 37.8 Å². The Hall–Kier alpha value is -0.860. The zero-order valence-electron chi connectivity index (χ0n) is 15.7. The van der Waals surface area contributed by atoms with Crippen LogP contribution in [0.15, 0.2) is 29.3 Å². The van der Waals surface area contributed by atoms with Crippen molar-refractivity contribution in [2.24, 2.45) is 10.9 Å². The van der Waals surface area contributed by atoms with Crippen molar-refractivity contribution in [3.8, 4) is 0 Å². The highest BCUT2D eigenvalue weighted by atomic mass is 127. The zero-order valence-corrected chi connectivity index (χ0v) is 18.0. The summed E-state index contributed by atoms with van der Waals surface area (Å²) in [5.41, 5.74) is 2.58. The van der Waals surface area contributed by atoms with E-state index in [4.69, 9.17) is 0 Å². The van der Waals surface area contributed by atoms with Gasteiger partial charge in [0.05, 0.1) is 6.10 Å². The smallest absolute Gasteiger partial charge is 0.191 e. The zero-order chi connectivity index (χ0) is 17.4. The standard InChI is InChI=1S/C19H32N4O.HI/c1-15(2)12-21-19(20-3)22-13-16-4-6-17(7-5-16)14-23-10-8-18(24)9-11-23;/h4-7,15,18,24H,8-14H2,1-3H3,(H2,20,21,22);1H. The van der Waals surface area contributed by atoms with Crippen LogP contribution in [0.25, 0.3) is 0 Å². The van der Waals surface area contributed by atoms with E-state index < -0.39 is 0 Å². The van der Waals surface area contributed by atoms with Gasteiger partial charge < -0.3 is 15.7 Å². The number of nitrogens with zero attached hydrogens (tertiary/aromatic N) is 2. The molecule has 1 aromatic carbocycles. The van der Waals surface area contributed by atoms with Gasteiger partial charge in [0.2, 0.25) is 0 Å². The van der Waals surface area contributed by atoms with Crippen molar-refractivity contribution >= 4 is 29.9 Å². The first kappa shape index (κ1) is 22.2. The molecule has 142 valence electrons. The average Bonchev–Trinajstić information content (AvgIpc) is 2.58. The van der Waals surface area contributed by atoms with Gasteiger partial charge in [0.25, 0.3) is 0 Å². The van der Waals surface area contributed by atoms with Gasteiger partial charge in [-0.3, -0.25) is 9.89 Å².